The van der Waals surface area contributed by atoms with Crippen LogP contribution in [0.3, 0.4) is 0 Å². The monoisotopic (exact) mass is 226 g/mol. The standard InChI is InChI=1S/C12H22N2S/c1-4-7-14-8-5-12(6-9-14)13-11(2)10-15-3/h1,11-13H,5-10H2,2-3H3. The third-order valence-corrected chi connectivity index (χ3v) is 3.67. The number of nitrogens with one attached hydrogen (secondary N) is 1. The van der Waals surface area contributed by atoms with Gasteiger partial charge in [0.25, 0.3) is 0 Å². The fraction of sp³-hybridized carbons (Fsp3) is 0.833. The van der Waals surface area contributed by atoms with Gasteiger partial charge in [0.15, 0.2) is 0 Å². The van der Waals surface area contributed by atoms with Crippen molar-refractivity contribution in [1.82, 2.24) is 10.2 Å². The molecular weight excluding hydrogens is 204 g/mol. The van der Waals surface area contributed by atoms with Gasteiger partial charge in [0, 0.05) is 30.9 Å². The Kier molecular flexibility index (Phi) is 6.16. The summed E-state index contributed by atoms with van der Waals surface area (Å²) in [7, 11) is 0. The highest BCUT2D eigenvalue weighted by molar-refractivity contribution is 7.98. The topological polar surface area (TPSA) is 15.3 Å². The average Bonchev–Trinajstić information content (AvgIpc) is 2.22. The van der Waals surface area contributed by atoms with Crippen LogP contribution in [0.2, 0.25) is 0 Å². The maximum Gasteiger partial charge on any atom is 0.0598 e. The summed E-state index contributed by atoms with van der Waals surface area (Å²) in [5.74, 6) is 3.91. The van der Waals surface area contributed by atoms with Gasteiger partial charge in [-0.25, -0.2) is 0 Å². The average molecular weight is 226 g/mol. The van der Waals surface area contributed by atoms with E-state index in [9.17, 15) is 0 Å². The number of likely N-dealkylation sites (tertiary alicyclic amines) is 1. The van der Waals surface area contributed by atoms with E-state index in [0.717, 1.165) is 19.6 Å². The molecule has 0 saturated carbocycles. The van der Waals surface area contributed by atoms with Crippen molar-refractivity contribution in [2.45, 2.75) is 31.8 Å². The van der Waals surface area contributed by atoms with Crippen LogP contribution in [-0.2, 0) is 0 Å². The van der Waals surface area contributed by atoms with Gasteiger partial charge < -0.3 is 5.32 Å². The zero-order valence-electron chi connectivity index (χ0n) is 9.83. The van der Waals surface area contributed by atoms with E-state index >= 15 is 0 Å². The number of thioether (sulfide) groups is 1. The van der Waals surface area contributed by atoms with Gasteiger partial charge in [0.2, 0.25) is 0 Å². The second kappa shape index (κ2) is 7.16. The summed E-state index contributed by atoms with van der Waals surface area (Å²) in [6, 6.07) is 1.32. The minimum Gasteiger partial charge on any atom is -0.311 e. The molecule has 1 rings (SSSR count). The van der Waals surface area contributed by atoms with Crippen LogP contribution in [-0.4, -0.2) is 48.6 Å². The molecule has 0 amide bonds. The molecule has 0 aromatic carbocycles. The van der Waals surface area contributed by atoms with Crippen molar-refractivity contribution < 1.29 is 0 Å². The number of nitrogens with zero attached hydrogens (tertiary/aromatic N) is 1. The van der Waals surface area contributed by atoms with Crippen LogP contribution in [0.5, 0.6) is 0 Å². The Balaban J connectivity index is 2.17. The molecule has 0 aromatic heterocycles. The highest BCUT2D eigenvalue weighted by Crippen LogP contribution is 2.11. The third kappa shape index (κ3) is 4.92. The molecule has 0 aromatic rings. The van der Waals surface area contributed by atoms with Gasteiger partial charge in [-0.1, -0.05) is 5.92 Å². The molecule has 1 aliphatic heterocycles. The van der Waals surface area contributed by atoms with Crippen LogP contribution >= 0.6 is 11.8 Å². The Labute approximate surface area is 98.2 Å². The molecule has 1 heterocycles. The van der Waals surface area contributed by atoms with Crippen molar-refractivity contribution in [3.63, 3.8) is 0 Å². The van der Waals surface area contributed by atoms with E-state index < -0.39 is 0 Å². The minimum atomic E-state index is 0.629. The molecule has 1 N–H and O–H groups in total. The lowest BCUT2D eigenvalue weighted by molar-refractivity contribution is 0.213. The predicted molar refractivity (Wildman–Crippen MR) is 69.3 cm³/mol. The van der Waals surface area contributed by atoms with Crippen LogP contribution in [0, 0.1) is 12.3 Å². The number of hydrogen-bond donors (Lipinski definition) is 1. The van der Waals surface area contributed by atoms with Gasteiger partial charge in [0.1, 0.15) is 0 Å². The number of terminal acetylenes is 1. The molecule has 86 valence electrons. The van der Waals surface area contributed by atoms with Gasteiger partial charge in [-0.15, -0.1) is 6.42 Å². The van der Waals surface area contributed by atoms with Crippen molar-refractivity contribution in [2.75, 3.05) is 31.6 Å². The van der Waals surface area contributed by atoms with E-state index in [1.807, 2.05) is 11.8 Å². The fourth-order valence-electron chi connectivity index (χ4n) is 2.09. The van der Waals surface area contributed by atoms with Crippen LogP contribution in [0.25, 0.3) is 0 Å². The predicted octanol–water partition coefficient (Wildman–Crippen LogP) is 1.43. The molecule has 2 nitrogen and oxygen atoms in total. The summed E-state index contributed by atoms with van der Waals surface area (Å²) in [5, 5.41) is 3.68. The molecular formula is C12H22N2S. The maximum absolute atomic E-state index is 5.30. The zero-order valence-corrected chi connectivity index (χ0v) is 10.6. The molecule has 0 spiro atoms. The summed E-state index contributed by atoms with van der Waals surface area (Å²) >= 11 is 1.91. The van der Waals surface area contributed by atoms with E-state index in [1.165, 1.54) is 18.6 Å². The highest BCUT2D eigenvalue weighted by Gasteiger charge is 2.19. The first-order valence-electron chi connectivity index (χ1n) is 5.67. The minimum absolute atomic E-state index is 0.629. The molecule has 15 heavy (non-hydrogen) atoms. The Morgan fingerprint density at radius 1 is 1.53 bits per heavy atom. The third-order valence-electron chi connectivity index (χ3n) is 2.84. The van der Waals surface area contributed by atoms with Crippen molar-refractivity contribution in [2.24, 2.45) is 0 Å². The van der Waals surface area contributed by atoms with Crippen LogP contribution in [0.15, 0.2) is 0 Å². The van der Waals surface area contributed by atoms with E-state index in [4.69, 9.17) is 6.42 Å². The largest absolute Gasteiger partial charge is 0.311 e. The quantitative estimate of drug-likeness (QED) is 0.714. The molecule has 1 unspecified atom stereocenters. The molecule has 0 bridgehead atoms. The molecule has 1 aliphatic rings. The van der Waals surface area contributed by atoms with E-state index in [-0.39, 0.29) is 0 Å². The SMILES string of the molecule is C#CCN1CCC(NC(C)CSC)CC1. The Hall–Kier alpha value is -0.170. The Morgan fingerprint density at radius 2 is 2.20 bits per heavy atom. The second-order valence-electron chi connectivity index (χ2n) is 4.28. The highest BCUT2D eigenvalue weighted by atomic mass is 32.2. The molecule has 1 saturated heterocycles. The number of hydrogen-bond acceptors (Lipinski definition) is 3. The van der Waals surface area contributed by atoms with Gasteiger partial charge in [-0.2, -0.15) is 11.8 Å². The van der Waals surface area contributed by atoms with E-state index in [2.05, 4.69) is 29.3 Å². The smallest absolute Gasteiger partial charge is 0.0598 e. The lowest BCUT2D eigenvalue weighted by Crippen LogP contribution is -2.46. The first-order valence-corrected chi connectivity index (χ1v) is 7.06. The second-order valence-corrected chi connectivity index (χ2v) is 5.19. The number of piperidine rings is 1. The van der Waals surface area contributed by atoms with E-state index in [1.54, 1.807) is 0 Å². The molecule has 3 heteroatoms. The normalized spacial score (nSPS) is 21.1. The fourth-order valence-corrected chi connectivity index (χ4v) is 2.68. The van der Waals surface area contributed by atoms with Crippen LogP contribution < -0.4 is 5.32 Å². The lowest BCUT2D eigenvalue weighted by atomic mass is 10.0. The Morgan fingerprint density at radius 3 is 2.73 bits per heavy atom. The van der Waals surface area contributed by atoms with Crippen molar-refractivity contribution in [3.05, 3.63) is 0 Å². The van der Waals surface area contributed by atoms with E-state index in [0.29, 0.717) is 12.1 Å². The zero-order chi connectivity index (χ0) is 11.1. The van der Waals surface area contributed by atoms with Gasteiger partial charge >= 0.3 is 0 Å². The first-order chi connectivity index (χ1) is 7.26. The van der Waals surface area contributed by atoms with Crippen molar-refractivity contribution in [1.29, 1.82) is 0 Å². The summed E-state index contributed by atoms with van der Waals surface area (Å²) in [4.78, 5) is 2.36. The molecule has 1 atom stereocenters. The summed E-state index contributed by atoms with van der Waals surface area (Å²) < 4.78 is 0. The van der Waals surface area contributed by atoms with Gasteiger partial charge in [-0.05, 0) is 26.0 Å². The lowest BCUT2D eigenvalue weighted by Gasteiger charge is -2.32. The maximum atomic E-state index is 5.30. The first kappa shape index (κ1) is 12.9. The van der Waals surface area contributed by atoms with Crippen molar-refractivity contribution >= 4 is 11.8 Å². The number of rotatable bonds is 5. The van der Waals surface area contributed by atoms with Crippen LogP contribution in [0.4, 0.5) is 0 Å². The van der Waals surface area contributed by atoms with Crippen LogP contribution in [0.1, 0.15) is 19.8 Å². The van der Waals surface area contributed by atoms with Gasteiger partial charge in [0.05, 0.1) is 6.54 Å². The summed E-state index contributed by atoms with van der Waals surface area (Å²) in [5.41, 5.74) is 0. The summed E-state index contributed by atoms with van der Waals surface area (Å²) in [6.45, 7) is 5.37. The van der Waals surface area contributed by atoms with Gasteiger partial charge in [-0.3, -0.25) is 4.90 Å². The van der Waals surface area contributed by atoms with Crippen molar-refractivity contribution in [3.8, 4) is 12.3 Å². The summed E-state index contributed by atoms with van der Waals surface area (Å²) in [6.07, 6.45) is 9.94. The molecule has 0 radical (unpaired) electrons. The Bertz CT molecular complexity index is 204. The molecule has 0 aliphatic carbocycles. The molecule has 1 fully saturated rings.